The smallest absolute Gasteiger partial charge is 0.292 e. The molecule has 0 aliphatic carbocycles. The lowest BCUT2D eigenvalue weighted by atomic mass is 10.2. The second-order valence-corrected chi connectivity index (χ2v) is 4.72. The van der Waals surface area contributed by atoms with Crippen molar-refractivity contribution in [2.75, 3.05) is 11.1 Å². The molecule has 0 unspecified atom stereocenters. The number of nitrogens with one attached hydrogen (secondary N) is 2. The van der Waals surface area contributed by atoms with Gasteiger partial charge >= 0.3 is 0 Å². The van der Waals surface area contributed by atoms with E-state index in [-0.39, 0.29) is 11.7 Å². The number of hydrogen-bond acceptors (Lipinski definition) is 4. The Hall–Kier alpha value is -2.76. The zero-order chi connectivity index (χ0) is 14.3. The number of nitrogens with two attached hydrogens (primary N) is 1. The van der Waals surface area contributed by atoms with Crippen molar-refractivity contribution in [3.05, 3.63) is 41.3 Å². The first-order chi connectivity index (χ1) is 9.54. The summed E-state index contributed by atoms with van der Waals surface area (Å²) in [5, 5.41) is 10.1. The molecule has 4 N–H and O–H groups in total. The van der Waals surface area contributed by atoms with Crippen LogP contribution in [0, 0.1) is 13.8 Å². The SMILES string of the molecule is Cc1ccc2oc(C(=O)Nc3n[nH]c(C)c3N)cc2c1. The van der Waals surface area contributed by atoms with Gasteiger partial charge in [0.25, 0.3) is 5.91 Å². The van der Waals surface area contributed by atoms with Crippen LogP contribution in [-0.2, 0) is 0 Å². The molecule has 0 fully saturated rings. The summed E-state index contributed by atoms with van der Waals surface area (Å²) in [5.74, 6) is 0.159. The largest absolute Gasteiger partial charge is 0.451 e. The Morgan fingerprint density at radius 3 is 2.85 bits per heavy atom. The van der Waals surface area contributed by atoms with Gasteiger partial charge in [0.05, 0.1) is 11.4 Å². The molecule has 6 nitrogen and oxygen atoms in total. The number of hydrogen-bond donors (Lipinski definition) is 3. The number of aromatic nitrogens is 2. The van der Waals surface area contributed by atoms with Crippen LogP contribution in [0.4, 0.5) is 11.5 Å². The summed E-state index contributed by atoms with van der Waals surface area (Å²) in [6.45, 7) is 3.77. The quantitative estimate of drug-likeness (QED) is 0.666. The van der Waals surface area contributed by atoms with Crippen LogP contribution in [0.5, 0.6) is 0 Å². The van der Waals surface area contributed by atoms with Gasteiger partial charge in [0.15, 0.2) is 11.6 Å². The number of nitrogen functional groups attached to an aromatic ring is 1. The number of aryl methyl sites for hydroxylation is 2. The lowest BCUT2D eigenvalue weighted by Gasteiger charge is -1.99. The minimum absolute atomic E-state index is 0.227. The molecule has 6 heteroatoms. The fraction of sp³-hybridized carbons (Fsp3) is 0.143. The third kappa shape index (κ3) is 2.01. The van der Waals surface area contributed by atoms with E-state index in [0.717, 1.165) is 10.9 Å². The number of anilines is 2. The van der Waals surface area contributed by atoms with Gasteiger partial charge in [-0.05, 0) is 32.0 Å². The standard InChI is InChI=1S/C14H14N4O2/c1-7-3-4-10-9(5-7)6-11(20-10)14(19)16-13-12(15)8(2)17-18-13/h3-6H,15H2,1-2H3,(H2,16,17,18,19). The molecule has 2 heterocycles. The van der Waals surface area contributed by atoms with Gasteiger partial charge in [-0.3, -0.25) is 9.89 Å². The molecule has 0 spiro atoms. The van der Waals surface area contributed by atoms with Crippen molar-refractivity contribution in [1.29, 1.82) is 0 Å². The van der Waals surface area contributed by atoms with E-state index in [9.17, 15) is 4.79 Å². The molecule has 0 saturated carbocycles. The number of H-pyrrole nitrogens is 1. The Kier molecular flexibility index (Phi) is 2.71. The van der Waals surface area contributed by atoms with Gasteiger partial charge in [0.2, 0.25) is 0 Å². The molecule has 0 radical (unpaired) electrons. The number of aromatic amines is 1. The maximum atomic E-state index is 12.1. The molecular formula is C14H14N4O2. The molecule has 1 aromatic carbocycles. The molecule has 3 aromatic rings. The van der Waals surface area contributed by atoms with E-state index in [1.807, 2.05) is 25.1 Å². The van der Waals surface area contributed by atoms with Crippen LogP contribution in [0.15, 0.2) is 28.7 Å². The summed E-state index contributed by atoms with van der Waals surface area (Å²) in [5.41, 5.74) is 8.70. The number of amides is 1. The Morgan fingerprint density at radius 1 is 1.35 bits per heavy atom. The van der Waals surface area contributed by atoms with E-state index in [1.165, 1.54) is 0 Å². The lowest BCUT2D eigenvalue weighted by molar-refractivity contribution is 0.0998. The average molecular weight is 270 g/mol. The van der Waals surface area contributed by atoms with Crippen LogP contribution in [0.2, 0.25) is 0 Å². The van der Waals surface area contributed by atoms with Crippen molar-refractivity contribution in [2.45, 2.75) is 13.8 Å². The Bertz CT molecular complexity index is 801. The minimum atomic E-state index is -0.378. The van der Waals surface area contributed by atoms with Gasteiger partial charge in [0, 0.05) is 5.39 Å². The number of furan rings is 1. The number of carbonyl (C=O) groups is 1. The average Bonchev–Trinajstić information content (AvgIpc) is 2.96. The number of benzene rings is 1. The topological polar surface area (TPSA) is 96.9 Å². The summed E-state index contributed by atoms with van der Waals surface area (Å²) < 4.78 is 5.51. The first-order valence-corrected chi connectivity index (χ1v) is 6.16. The third-order valence-electron chi connectivity index (χ3n) is 3.12. The van der Waals surface area contributed by atoms with Gasteiger partial charge in [-0.2, -0.15) is 5.10 Å². The Balaban J connectivity index is 1.90. The fourth-order valence-corrected chi connectivity index (χ4v) is 1.98. The van der Waals surface area contributed by atoms with Crippen LogP contribution >= 0.6 is 0 Å². The fourth-order valence-electron chi connectivity index (χ4n) is 1.98. The molecule has 0 aliphatic heterocycles. The predicted molar refractivity (Wildman–Crippen MR) is 76.6 cm³/mol. The summed E-state index contributed by atoms with van der Waals surface area (Å²) in [6, 6.07) is 7.44. The molecule has 2 aromatic heterocycles. The van der Waals surface area contributed by atoms with E-state index >= 15 is 0 Å². The second-order valence-electron chi connectivity index (χ2n) is 4.72. The highest BCUT2D eigenvalue weighted by molar-refractivity contribution is 6.05. The molecule has 0 aliphatic rings. The van der Waals surface area contributed by atoms with Crippen molar-refractivity contribution in [2.24, 2.45) is 0 Å². The second kappa shape index (κ2) is 4.41. The maximum Gasteiger partial charge on any atom is 0.292 e. The van der Waals surface area contributed by atoms with Gasteiger partial charge in [0.1, 0.15) is 5.58 Å². The van der Waals surface area contributed by atoms with Crippen LogP contribution in [0.1, 0.15) is 21.8 Å². The van der Waals surface area contributed by atoms with E-state index in [2.05, 4.69) is 15.5 Å². The minimum Gasteiger partial charge on any atom is -0.451 e. The van der Waals surface area contributed by atoms with Gasteiger partial charge in [-0.15, -0.1) is 0 Å². The van der Waals surface area contributed by atoms with Crippen LogP contribution in [-0.4, -0.2) is 16.1 Å². The van der Waals surface area contributed by atoms with Crippen molar-refractivity contribution >= 4 is 28.4 Å². The van der Waals surface area contributed by atoms with Crippen LogP contribution < -0.4 is 11.1 Å². The predicted octanol–water partition coefficient (Wildman–Crippen LogP) is 2.61. The van der Waals surface area contributed by atoms with Gasteiger partial charge in [-0.1, -0.05) is 11.6 Å². The van der Waals surface area contributed by atoms with E-state index < -0.39 is 0 Å². The summed E-state index contributed by atoms with van der Waals surface area (Å²) >= 11 is 0. The summed E-state index contributed by atoms with van der Waals surface area (Å²) in [4.78, 5) is 12.1. The number of carbonyl (C=O) groups excluding carboxylic acids is 1. The molecule has 0 bridgehead atoms. The molecular weight excluding hydrogens is 256 g/mol. The monoisotopic (exact) mass is 270 g/mol. The first-order valence-electron chi connectivity index (χ1n) is 6.16. The lowest BCUT2D eigenvalue weighted by Crippen LogP contribution is -2.12. The van der Waals surface area contributed by atoms with Gasteiger partial charge in [-0.25, -0.2) is 0 Å². The number of fused-ring (bicyclic) bond motifs is 1. The number of nitrogens with zero attached hydrogens (tertiary/aromatic N) is 1. The molecule has 0 saturated heterocycles. The van der Waals surface area contributed by atoms with Crippen molar-refractivity contribution in [3.8, 4) is 0 Å². The van der Waals surface area contributed by atoms with Gasteiger partial charge < -0.3 is 15.5 Å². The zero-order valence-electron chi connectivity index (χ0n) is 11.2. The van der Waals surface area contributed by atoms with Crippen molar-refractivity contribution in [3.63, 3.8) is 0 Å². The Labute approximate surface area is 115 Å². The van der Waals surface area contributed by atoms with Crippen LogP contribution in [0.3, 0.4) is 0 Å². The van der Waals surface area contributed by atoms with E-state index in [1.54, 1.807) is 13.0 Å². The normalized spacial score (nSPS) is 10.9. The first kappa shape index (κ1) is 12.3. The Morgan fingerprint density at radius 2 is 2.15 bits per heavy atom. The van der Waals surface area contributed by atoms with E-state index in [4.69, 9.17) is 10.2 Å². The molecule has 102 valence electrons. The molecule has 20 heavy (non-hydrogen) atoms. The van der Waals surface area contributed by atoms with Crippen molar-refractivity contribution in [1.82, 2.24) is 10.2 Å². The summed E-state index contributed by atoms with van der Waals surface area (Å²) in [7, 11) is 0. The molecule has 1 amide bonds. The van der Waals surface area contributed by atoms with Crippen molar-refractivity contribution < 1.29 is 9.21 Å². The third-order valence-corrected chi connectivity index (χ3v) is 3.12. The highest BCUT2D eigenvalue weighted by atomic mass is 16.3. The highest BCUT2D eigenvalue weighted by Gasteiger charge is 2.16. The molecule has 3 rings (SSSR count). The summed E-state index contributed by atoms with van der Waals surface area (Å²) in [6.07, 6.45) is 0. The van der Waals surface area contributed by atoms with E-state index in [0.29, 0.717) is 22.8 Å². The maximum absolute atomic E-state index is 12.1. The number of rotatable bonds is 2. The highest BCUT2D eigenvalue weighted by Crippen LogP contribution is 2.23. The van der Waals surface area contributed by atoms with Crippen LogP contribution in [0.25, 0.3) is 11.0 Å². The zero-order valence-corrected chi connectivity index (χ0v) is 11.2. The molecule has 0 atom stereocenters.